The first-order chi connectivity index (χ1) is 9.19. The van der Waals surface area contributed by atoms with E-state index in [1.165, 1.54) is 0 Å². The molecule has 5 heteroatoms. The molecule has 0 amide bonds. The summed E-state index contributed by atoms with van der Waals surface area (Å²) in [5.41, 5.74) is 0.734. The number of hydrogen-bond donors (Lipinski definition) is 1. The molecule has 0 fully saturated rings. The van der Waals surface area contributed by atoms with E-state index in [0.717, 1.165) is 5.56 Å². The molecule has 1 N–H and O–H groups in total. The fraction of sp³-hybridized carbons (Fsp3) is 0.571. The van der Waals surface area contributed by atoms with Crippen molar-refractivity contribution in [3.8, 4) is 11.5 Å². The Morgan fingerprint density at radius 1 is 1.11 bits per heavy atom. The molecule has 0 aromatic heterocycles. The minimum Gasteiger partial charge on any atom is -0.497 e. The normalized spacial score (nSPS) is 12.2. The molecule has 1 atom stereocenters. The van der Waals surface area contributed by atoms with E-state index in [-0.39, 0.29) is 0 Å². The predicted molar refractivity (Wildman–Crippen MR) is 71.8 cm³/mol. The second-order valence-corrected chi connectivity index (χ2v) is 4.03. The molecule has 108 valence electrons. The summed E-state index contributed by atoms with van der Waals surface area (Å²) >= 11 is 0. The van der Waals surface area contributed by atoms with Crippen LogP contribution in [0.4, 0.5) is 0 Å². The van der Waals surface area contributed by atoms with Gasteiger partial charge in [-0.1, -0.05) is 0 Å². The van der Waals surface area contributed by atoms with Crippen LogP contribution in [0.15, 0.2) is 18.2 Å². The highest BCUT2D eigenvalue weighted by Gasteiger charge is 2.10. The monoisotopic (exact) mass is 270 g/mol. The predicted octanol–water partition coefficient (Wildman–Crippen LogP) is 1.79. The van der Waals surface area contributed by atoms with Gasteiger partial charge in [-0.2, -0.15) is 0 Å². The SMILES string of the molecule is COCCOCCOc1cc(OC)ccc1C(C)O. The second-order valence-electron chi connectivity index (χ2n) is 4.03. The summed E-state index contributed by atoms with van der Waals surface area (Å²) in [6.07, 6.45) is -0.588. The molecule has 19 heavy (non-hydrogen) atoms. The largest absolute Gasteiger partial charge is 0.497 e. The summed E-state index contributed by atoms with van der Waals surface area (Å²) in [5.74, 6) is 1.31. The summed E-state index contributed by atoms with van der Waals surface area (Å²) in [6, 6.07) is 5.35. The molecule has 1 aromatic rings. The van der Waals surface area contributed by atoms with Gasteiger partial charge in [0.15, 0.2) is 0 Å². The van der Waals surface area contributed by atoms with Gasteiger partial charge in [0.05, 0.1) is 33.0 Å². The van der Waals surface area contributed by atoms with Gasteiger partial charge in [0.25, 0.3) is 0 Å². The van der Waals surface area contributed by atoms with E-state index in [0.29, 0.717) is 37.9 Å². The van der Waals surface area contributed by atoms with Crippen molar-refractivity contribution >= 4 is 0 Å². The Labute approximate surface area is 114 Å². The van der Waals surface area contributed by atoms with Crippen LogP contribution >= 0.6 is 0 Å². The molecule has 0 aliphatic carbocycles. The Bertz CT molecular complexity index is 365. The van der Waals surface area contributed by atoms with Gasteiger partial charge in [-0.3, -0.25) is 0 Å². The minimum atomic E-state index is -0.588. The van der Waals surface area contributed by atoms with Crippen molar-refractivity contribution in [2.24, 2.45) is 0 Å². The molecule has 0 aliphatic heterocycles. The zero-order valence-corrected chi connectivity index (χ0v) is 11.7. The summed E-state index contributed by atoms with van der Waals surface area (Å²) < 4.78 is 20.9. The lowest BCUT2D eigenvalue weighted by molar-refractivity contribution is 0.0537. The van der Waals surface area contributed by atoms with E-state index in [2.05, 4.69) is 0 Å². The van der Waals surface area contributed by atoms with Gasteiger partial charge in [-0.25, -0.2) is 0 Å². The number of rotatable bonds is 9. The average molecular weight is 270 g/mol. The molecule has 0 aliphatic rings. The van der Waals surface area contributed by atoms with Gasteiger partial charge in [0.1, 0.15) is 18.1 Å². The number of hydrogen-bond acceptors (Lipinski definition) is 5. The lowest BCUT2D eigenvalue weighted by Crippen LogP contribution is -2.11. The number of aliphatic hydroxyl groups excluding tert-OH is 1. The van der Waals surface area contributed by atoms with Crippen molar-refractivity contribution < 1.29 is 24.1 Å². The third kappa shape index (κ3) is 5.46. The van der Waals surface area contributed by atoms with Crippen molar-refractivity contribution in [3.63, 3.8) is 0 Å². The smallest absolute Gasteiger partial charge is 0.128 e. The zero-order valence-electron chi connectivity index (χ0n) is 11.7. The maximum absolute atomic E-state index is 9.67. The number of ether oxygens (including phenoxy) is 4. The Kier molecular flexibility index (Phi) is 7.25. The summed E-state index contributed by atoms with van der Waals surface area (Å²) in [5, 5.41) is 9.67. The molecule has 1 aromatic carbocycles. The van der Waals surface area contributed by atoms with Gasteiger partial charge >= 0.3 is 0 Å². The molecular weight excluding hydrogens is 248 g/mol. The highest BCUT2D eigenvalue weighted by Crippen LogP contribution is 2.29. The molecule has 0 spiro atoms. The van der Waals surface area contributed by atoms with Crippen LogP contribution in [0, 0.1) is 0 Å². The van der Waals surface area contributed by atoms with E-state index in [4.69, 9.17) is 18.9 Å². The van der Waals surface area contributed by atoms with Crippen LogP contribution in [0.25, 0.3) is 0 Å². The quantitative estimate of drug-likeness (QED) is 0.693. The molecule has 5 nitrogen and oxygen atoms in total. The number of benzene rings is 1. The highest BCUT2D eigenvalue weighted by molar-refractivity contribution is 5.41. The second kappa shape index (κ2) is 8.74. The molecule has 1 unspecified atom stereocenters. The third-order valence-corrected chi connectivity index (χ3v) is 2.59. The summed E-state index contributed by atoms with van der Waals surface area (Å²) in [6.45, 7) is 3.69. The first kappa shape index (κ1) is 15.8. The van der Waals surface area contributed by atoms with Gasteiger partial charge < -0.3 is 24.1 Å². The molecular formula is C14H22O5. The Hall–Kier alpha value is -1.30. The Morgan fingerprint density at radius 3 is 2.47 bits per heavy atom. The third-order valence-electron chi connectivity index (χ3n) is 2.59. The van der Waals surface area contributed by atoms with Crippen molar-refractivity contribution in [2.75, 3.05) is 40.6 Å². The minimum absolute atomic E-state index is 0.413. The van der Waals surface area contributed by atoms with Gasteiger partial charge in [-0.05, 0) is 19.1 Å². The molecule has 0 radical (unpaired) electrons. The van der Waals surface area contributed by atoms with E-state index >= 15 is 0 Å². The summed E-state index contributed by atoms with van der Waals surface area (Å²) in [7, 11) is 3.22. The van der Waals surface area contributed by atoms with E-state index in [1.54, 1.807) is 39.3 Å². The van der Waals surface area contributed by atoms with Crippen LogP contribution in [0.5, 0.6) is 11.5 Å². The molecule has 0 heterocycles. The molecule has 1 rings (SSSR count). The molecule has 0 bridgehead atoms. The van der Waals surface area contributed by atoms with E-state index in [1.807, 2.05) is 0 Å². The maximum atomic E-state index is 9.67. The Balaban J connectivity index is 2.50. The maximum Gasteiger partial charge on any atom is 0.128 e. The van der Waals surface area contributed by atoms with Crippen molar-refractivity contribution in [1.29, 1.82) is 0 Å². The fourth-order valence-electron chi connectivity index (χ4n) is 1.57. The first-order valence-electron chi connectivity index (χ1n) is 6.24. The van der Waals surface area contributed by atoms with Crippen molar-refractivity contribution in [1.82, 2.24) is 0 Å². The zero-order chi connectivity index (χ0) is 14.1. The standard InChI is InChI=1S/C14H22O5/c1-11(15)13-5-4-12(17-3)10-14(13)19-9-8-18-7-6-16-2/h4-5,10-11,15H,6-9H2,1-3H3. The highest BCUT2D eigenvalue weighted by atomic mass is 16.5. The van der Waals surface area contributed by atoms with E-state index in [9.17, 15) is 5.11 Å². The van der Waals surface area contributed by atoms with E-state index < -0.39 is 6.10 Å². The Morgan fingerprint density at radius 2 is 1.84 bits per heavy atom. The van der Waals surface area contributed by atoms with Crippen LogP contribution in [0.2, 0.25) is 0 Å². The van der Waals surface area contributed by atoms with Crippen LogP contribution in [-0.4, -0.2) is 45.8 Å². The van der Waals surface area contributed by atoms with Gasteiger partial charge in [0, 0.05) is 18.7 Å². The topological polar surface area (TPSA) is 57.2 Å². The van der Waals surface area contributed by atoms with Crippen LogP contribution in [0.3, 0.4) is 0 Å². The molecule has 0 saturated heterocycles. The van der Waals surface area contributed by atoms with Crippen LogP contribution < -0.4 is 9.47 Å². The summed E-state index contributed by atoms with van der Waals surface area (Å²) in [4.78, 5) is 0. The van der Waals surface area contributed by atoms with Gasteiger partial charge in [-0.15, -0.1) is 0 Å². The lowest BCUT2D eigenvalue weighted by atomic mass is 10.1. The molecule has 0 saturated carbocycles. The average Bonchev–Trinajstić information content (AvgIpc) is 2.42. The van der Waals surface area contributed by atoms with Crippen LogP contribution in [0.1, 0.15) is 18.6 Å². The number of aliphatic hydroxyl groups is 1. The lowest BCUT2D eigenvalue weighted by Gasteiger charge is -2.14. The number of methoxy groups -OCH3 is 2. The van der Waals surface area contributed by atoms with Crippen LogP contribution in [-0.2, 0) is 9.47 Å². The fourth-order valence-corrected chi connectivity index (χ4v) is 1.57. The van der Waals surface area contributed by atoms with Gasteiger partial charge in [0.2, 0.25) is 0 Å². The van der Waals surface area contributed by atoms with Crippen molar-refractivity contribution in [3.05, 3.63) is 23.8 Å². The van der Waals surface area contributed by atoms with Crippen molar-refractivity contribution in [2.45, 2.75) is 13.0 Å². The first-order valence-corrected chi connectivity index (χ1v) is 6.24.